The Balaban J connectivity index is 0. The molecule has 2 N–H and O–H groups in total. The van der Waals surface area contributed by atoms with Crippen LogP contribution < -0.4 is 10.6 Å². The maximum absolute atomic E-state index is 5.07. The minimum atomic E-state index is 0. The number of ether oxygens (including phenoxy) is 1. The van der Waals surface area contributed by atoms with Crippen molar-refractivity contribution in [2.45, 2.75) is 46.6 Å². The molecule has 0 aliphatic heterocycles. The Morgan fingerprint density at radius 2 is 1.94 bits per heavy atom. The van der Waals surface area contributed by atoms with Crippen molar-refractivity contribution >= 4 is 29.9 Å². The van der Waals surface area contributed by atoms with Crippen LogP contribution in [0.15, 0.2) is 4.99 Å². The summed E-state index contributed by atoms with van der Waals surface area (Å²) in [4.78, 5) is 4.18. The molecule has 0 aromatic rings. The van der Waals surface area contributed by atoms with E-state index in [2.05, 4.69) is 43.3 Å². The molecule has 1 atom stereocenters. The van der Waals surface area contributed by atoms with Crippen molar-refractivity contribution in [2.75, 3.05) is 27.3 Å². The van der Waals surface area contributed by atoms with Gasteiger partial charge < -0.3 is 15.4 Å². The number of aliphatic imine (C=N–C) groups is 1. The Kier molecular flexibility index (Phi) is 12.2. The topological polar surface area (TPSA) is 45.7 Å². The molecule has 4 nitrogen and oxygen atoms in total. The first-order valence-corrected chi connectivity index (χ1v) is 6.35. The Hall–Kier alpha value is -0.0400. The van der Waals surface area contributed by atoms with E-state index in [0.717, 1.165) is 18.9 Å². The van der Waals surface area contributed by atoms with Crippen molar-refractivity contribution in [2.24, 2.45) is 10.4 Å². The predicted molar refractivity (Wildman–Crippen MR) is 89.9 cm³/mol. The van der Waals surface area contributed by atoms with Gasteiger partial charge in [-0.05, 0) is 25.2 Å². The van der Waals surface area contributed by atoms with Gasteiger partial charge in [0.25, 0.3) is 0 Å². The molecule has 0 bridgehead atoms. The fourth-order valence-electron chi connectivity index (χ4n) is 1.55. The Morgan fingerprint density at radius 3 is 2.39 bits per heavy atom. The van der Waals surface area contributed by atoms with Crippen LogP contribution >= 0.6 is 24.0 Å². The van der Waals surface area contributed by atoms with Crippen LogP contribution in [-0.4, -0.2) is 39.3 Å². The largest absolute Gasteiger partial charge is 0.383 e. The minimum Gasteiger partial charge on any atom is -0.383 e. The van der Waals surface area contributed by atoms with Gasteiger partial charge in [-0.15, -0.1) is 24.0 Å². The van der Waals surface area contributed by atoms with Crippen LogP contribution in [0.4, 0.5) is 0 Å². The molecule has 18 heavy (non-hydrogen) atoms. The van der Waals surface area contributed by atoms with Crippen molar-refractivity contribution in [1.82, 2.24) is 10.6 Å². The first-order chi connectivity index (χ1) is 7.89. The third-order valence-corrected chi connectivity index (χ3v) is 2.42. The molecular weight excluding hydrogens is 341 g/mol. The molecule has 0 aliphatic rings. The van der Waals surface area contributed by atoms with Gasteiger partial charge >= 0.3 is 0 Å². The van der Waals surface area contributed by atoms with E-state index in [1.807, 2.05) is 0 Å². The highest BCUT2D eigenvalue weighted by Crippen LogP contribution is 2.19. The quantitative estimate of drug-likeness (QED) is 0.327. The van der Waals surface area contributed by atoms with Crippen LogP contribution in [0.2, 0.25) is 0 Å². The standard InChI is InChI=1S/C13H29N3O.HI/c1-11(10-17-6)16-12(14-5)15-9-7-8-13(2,3)4;/h11H,7-10H2,1-6H3,(H2,14,15,16);1H. The van der Waals surface area contributed by atoms with Crippen molar-refractivity contribution in [3.8, 4) is 0 Å². The third-order valence-electron chi connectivity index (χ3n) is 2.42. The molecule has 110 valence electrons. The lowest BCUT2D eigenvalue weighted by Gasteiger charge is -2.20. The number of hydrogen-bond donors (Lipinski definition) is 2. The van der Waals surface area contributed by atoms with Gasteiger partial charge in [-0.25, -0.2) is 0 Å². The summed E-state index contributed by atoms with van der Waals surface area (Å²) in [6, 6.07) is 0.272. The van der Waals surface area contributed by atoms with Crippen LogP contribution in [0.1, 0.15) is 40.5 Å². The fraction of sp³-hybridized carbons (Fsp3) is 0.923. The summed E-state index contributed by atoms with van der Waals surface area (Å²) in [6.45, 7) is 10.5. The smallest absolute Gasteiger partial charge is 0.191 e. The van der Waals surface area contributed by atoms with Gasteiger partial charge in [0, 0.05) is 26.7 Å². The zero-order valence-corrected chi connectivity index (χ0v) is 15.0. The fourth-order valence-corrected chi connectivity index (χ4v) is 1.55. The van der Waals surface area contributed by atoms with E-state index in [9.17, 15) is 0 Å². The van der Waals surface area contributed by atoms with Crippen molar-refractivity contribution < 1.29 is 4.74 Å². The zero-order chi connectivity index (χ0) is 13.3. The van der Waals surface area contributed by atoms with Crippen LogP contribution in [0.3, 0.4) is 0 Å². The number of rotatable bonds is 6. The maximum atomic E-state index is 5.07. The minimum absolute atomic E-state index is 0. The Bertz CT molecular complexity index is 227. The summed E-state index contributed by atoms with van der Waals surface area (Å²) < 4.78 is 5.07. The van der Waals surface area contributed by atoms with Crippen LogP contribution in [-0.2, 0) is 4.74 Å². The summed E-state index contributed by atoms with van der Waals surface area (Å²) in [5, 5.41) is 6.59. The second-order valence-corrected chi connectivity index (χ2v) is 5.66. The van der Waals surface area contributed by atoms with Gasteiger partial charge in [0.15, 0.2) is 5.96 Å². The molecule has 0 saturated carbocycles. The van der Waals surface area contributed by atoms with Crippen molar-refractivity contribution in [3.05, 3.63) is 0 Å². The molecule has 0 heterocycles. The molecule has 0 saturated heterocycles. The highest BCUT2D eigenvalue weighted by atomic mass is 127. The first kappa shape index (κ1) is 20.3. The molecule has 0 aromatic heterocycles. The van der Waals surface area contributed by atoms with Crippen LogP contribution in [0.5, 0.6) is 0 Å². The third kappa shape index (κ3) is 12.4. The monoisotopic (exact) mass is 371 g/mol. The molecule has 0 aliphatic carbocycles. The number of nitrogens with one attached hydrogen (secondary N) is 2. The summed E-state index contributed by atoms with van der Waals surface area (Å²) in [7, 11) is 3.50. The molecule has 0 spiro atoms. The lowest BCUT2D eigenvalue weighted by atomic mass is 9.91. The van der Waals surface area contributed by atoms with Crippen LogP contribution in [0, 0.1) is 5.41 Å². The molecule has 0 fully saturated rings. The van der Waals surface area contributed by atoms with E-state index in [1.54, 1.807) is 14.2 Å². The number of nitrogens with zero attached hydrogens (tertiary/aromatic N) is 1. The van der Waals surface area contributed by atoms with E-state index in [0.29, 0.717) is 12.0 Å². The highest BCUT2D eigenvalue weighted by molar-refractivity contribution is 14.0. The van der Waals surface area contributed by atoms with Crippen LogP contribution in [0.25, 0.3) is 0 Å². The molecule has 0 radical (unpaired) electrons. The predicted octanol–water partition coefficient (Wildman–Crippen LogP) is 2.63. The second kappa shape index (κ2) is 10.8. The zero-order valence-electron chi connectivity index (χ0n) is 12.7. The van der Waals surface area contributed by atoms with Gasteiger partial charge in [0.1, 0.15) is 0 Å². The Morgan fingerprint density at radius 1 is 1.33 bits per heavy atom. The summed E-state index contributed by atoms with van der Waals surface area (Å²) in [5.74, 6) is 0.850. The van der Waals surface area contributed by atoms with Crippen molar-refractivity contribution in [3.63, 3.8) is 0 Å². The average molecular weight is 371 g/mol. The van der Waals surface area contributed by atoms with Gasteiger partial charge in [0.05, 0.1) is 6.61 Å². The van der Waals surface area contributed by atoms with E-state index in [-0.39, 0.29) is 30.0 Å². The molecule has 0 rings (SSSR count). The van der Waals surface area contributed by atoms with Crippen molar-refractivity contribution in [1.29, 1.82) is 0 Å². The first-order valence-electron chi connectivity index (χ1n) is 6.35. The van der Waals surface area contributed by atoms with Gasteiger partial charge in [0.2, 0.25) is 0 Å². The highest BCUT2D eigenvalue weighted by Gasteiger charge is 2.09. The summed E-state index contributed by atoms with van der Waals surface area (Å²) in [6.07, 6.45) is 2.37. The number of halogens is 1. The van der Waals surface area contributed by atoms with E-state index < -0.39 is 0 Å². The Labute approximate surface area is 129 Å². The van der Waals surface area contributed by atoms with E-state index in [4.69, 9.17) is 4.74 Å². The summed E-state index contributed by atoms with van der Waals surface area (Å²) in [5.41, 5.74) is 0.405. The summed E-state index contributed by atoms with van der Waals surface area (Å²) >= 11 is 0. The van der Waals surface area contributed by atoms with Gasteiger partial charge in [-0.3, -0.25) is 4.99 Å². The second-order valence-electron chi connectivity index (χ2n) is 5.66. The number of hydrogen-bond acceptors (Lipinski definition) is 2. The lowest BCUT2D eigenvalue weighted by Crippen LogP contribution is -2.44. The normalized spacial score (nSPS) is 13.8. The van der Waals surface area contributed by atoms with Gasteiger partial charge in [-0.1, -0.05) is 20.8 Å². The molecular formula is C13H30IN3O. The van der Waals surface area contributed by atoms with Gasteiger partial charge in [-0.2, -0.15) is 0 Å². The van der Waals surface area contributed by atoms with E-state index >= 15 is 0 Å². The maximum Gasteiger partial charge on any atom is 0.191 e. The molecule has 5 heteroatoms. The number of methoxy groups -OCH3 is 1. The number of guanidine groups is 1. The average Bonchev–Trinajstić information content (AvgIpc) is 2.21. The lowest BCUT2D eigenvalue weighted by molar-refractivity contribution is 0.179. The molecule has 1 unspecified atom stereocenters. The molecule has 0 aromatic carbocycles. The van der Waals surface area contributed by atoms with E-state index in [1.165, 1.54) is 6.42 Å². The molecule has 0 amide bonds. The SMILES string of the molecule is CN=C(NCCCC(C)(C)C)NC(C)COC.I.